The molecule has 21 heavy (non-hydrogen) atoms. The molecule has 0 spiro atoms. The highest BCUT2D eigenvalue weighted by molar-refractivity contribution is 5.96. The molecular formula is C16H15N3O2. The van der Waals surface area contributed by atoms with Crippen LogP contribution in [0.15, 0.2) is 53.0 Å². The lowest BCUT2D eigenvalue weighted by atomic mass is 10.1. The van der Waals surface area contributed by atoms with E-state index < -0.39 is 5.56 Å². The van der Waals surface area contributed by atoms with Crippen molar-refractivity contribution < 1.29 is 4.79 Å². The second kappa shape index (κ2) is 5.75. The minimum Gasteiger partial charge on any atom is -0.348 e. The fourth-order valence-electron chi connectivity index (χ4n) is 2.28. The summed E-state index contributed by atoms with van der Waals surface area (Å²) in [5.41, 5.74) is 1.23. The first-order valence-corrected chi connectivity index (χ1v) is 6.86. The largest absolute Gasteiger partial charge is 0.348 e. The molecule has 5 nitrogen and oxygen atoms in total. The van der Waals surface area contributed by atoms with Crippen LogP contribution in [0.3, 0.4) is 0 Å². The van der Waals surface area contributed by atoms with Crippen molar-refractivity contribution >= 4 is 16.9 Å². The minimum absolute atomic E-state index is 0.107. The molecule has 0 aliphatic heterocycles. The minimum atomic E-state index is -0.424. The molecule has 2 aromatic heterocycles. The van der Waals surface area contributed by atoms with Gasteiger partial charge in [0.15, 0.2) is 0 Å². The molecule has 1 aliphatic carbocycles. The molecule has 0 unspecified atom stereocenters. The average Bonchev–Trinajstić information content (AvgIpc) is 2.53. The fraction of sp³-hybridized carbons (Fsp3) is 0.188. The second-order valence-corrected chi connectivity index (χ2v) is 4.89. The summed E-state index contributed by atoms with van der Waals surface area (Å²) in [7, 11) is 0. The van der Waals surface area contributed by atoms with Crippen LogP contribution in [0.25, 0.3) is 11.0 Å². The van der Waals surface area contributed by atoms with Gasteiger partial charge in [0.2, 0.25) is 0 Å². The zero-order chi connectivity index (χ0) is 14.7. The molecule has 1 aliphatic rings. The number of nitrogens with one attached hydrogen (secondary N) is 2. The highest BCUT2D eigenvalue weighted by Gasteiger charge is 2.12. The number of pyridine rings is 2. The number of carbonyl (C=O) groups excluding carboxylic acids is 1. The molecule has 0 saturated heterocycles. The second-order valence-electron chi connectivity index (χ2n) is 4.89. The Hall–Kier alpha value is -2.69. The van der Waals surface area contributed by atoms with Gasteiger partial charge >= 0.3 is 0 Å². The van der Waals surface area contributed by atoms with E-state index in [9.17, 15) is 9.59 Å². The number of fused-ring (bicyclic) bond motifs is 1. The van der Waals surface area contributed by atoms with Crippen molar-refractivity contribution in [2.45, 2.75) is 12.8 Å². The van der Waals surface area contributed by atoms with Gasteiger partial charge in [-0.25, -0.2) is 4.98 Å². The van der Waals surface area contributed by atoms with E-state index >= 15 is 0 Å². The van der Waals surface area contributed by atoms with Crippen LogP contribution in [0.4, 0.5) is 0 Å². The lowest BCUT2D eigenvalue weighted by molar-refractivity contribution is 0.0956. The first-order valence-electron chi connectivity index (χ1n) is 6.86. The van der Waals surface area contributed by atoms with Crippen LogP contribution in [-0.4, -0.2) is 22.4 Å². The molecule has 106 valence electrons. The van der Waals surface area contributed by atoms with E-state index in [1.807, 2.05) is 6.08 Å². The molecule has 1 amide bonds. The molecule has 0 fully saturated rings. The highest BCUT2D eigenvalue weighted by Crippen LogP contribution is 2.09. The monoisotopic (exact) mass is 281 g/mol. The summed E-state index contributed by atoms with van der Waals surface area (Å²) in [4.78, 5) is 30.8. The molecule has 0 atom stereocenters. The van der Waals surface area contributed by atoms with E-state index in [2.05, 4.69) is 27.4 Å². The van der Waals surface area contributed by atoms with Crippen LogP contribution in [0, 0.1) is 0 Å². The quantitative estimate of drug-likeness (QED) is 0.902. The van der Waals surface area contributed by atoms with E-state index in [1.165, 1.54) is 0 Å². The van der Waals surface area contributed by atoms with Gasteiger partial charge < -0.3 is 10.3 Å². The predicted octanol–water partition coefficient (Wildman–Crippen LogP) is 1.93. The van der Waals surface area contributed by atoms with Crippen LogP contribution in [0.5, 0.6) is 0 Å². The lowest BCUT2D eigenvalue weighted by Crippen LogP contribution is -2.31. The van der Waals surface area contributed by atoms with Crippen molar-refractivity contribution in [3.05, 3.63) is 64.1 Å². The van der Waals surface area contributed by atoms with Gasteiger partial charge in [-0.15, -0.1) is 0 Å². The number of hydrogen-bond donors (Lipinski definition) is 2. The van der Waals surface area contributed by atoms with Crippen molar-refractivity contribution in [1.82, 2.24) is 15.3 Å². The van der Waals surface area contributed by atoms with Crippen LogP contribution in [-0.2, 0) is 0 Å². The Balaban J connectivity index is 1.81. The molecule has 2 heterocycles. The standard InChI is InChI=1S/C16H15N3O2/c20-15(18-10-11-5-2-1-3-6-11)13-9-12-7-4-8-17-14(12)19-16(13)21/h2,4-9H,1,3,10H2,(H,18,20)(H,17,19,21). The normalized spacial score (nSPS) is 14.0. The first-order chi connectivity index (χ1) is 10.2. The van der Waals surface area contributed by atoms with E-state index in [4.69, 9.17) is 0 Å². The molecule has 0 saturated carbocycles. The zero-order valence-electron chi connectivity index (χ0n) is 11.4. The number of carbonyl (C=O) groups is 1. The van der Waals surface area contributed by atoms with Crippen LogP contribution in [0.1, 0.15) is 23.2 Å². The highest BCUT2D eigenvalue weighted by atomic mass is 16.2. The summed E-state index contributed by atoms with van der Waals surface area (Å²) < 4.78 is 0. The number of hydrogen-bond acceptors (Lipinski definition) is 3. The number of allylic oxidation sites excluding steroid dienone is 2. The van der Waals surface area contributed by atoms with E-state index in [-0.39, 0.29) is 11.5 Å². The number of aromatic nitrogens is 2. The summed E-state index contributed by atoms with van der Waals surface area (Å²) >= 11 is 0. The third-order valence-corrected chi connectivity index (χ3v) is 3.38. The SMILES string of the molecule is O=C(NCC1=CCCC=C1)c1cc2cccnc2[nH]c1=O. The molecule has 2 aromatic rings. The zero-order valence-corrected chi connectivity index (χ0v) is 11.4. The van der Waals surface area contributed by atoms with Gasteiger partial charge in [0.25, 0.3) is 11.5 Å². The van der Waals surface area contributed by atoms with Crippen molar-refractivity contribution in [2.24, 2.45) is 0 Å². The fourth-order valence-corrected chi connectivity index (χ4v) is 2.28. The van der Waals surface area contributed by atoms with E-state index in [0.29, 0.717) is 12.2 Å². The van der Waals surface area contributed by atoms with Crippen LogP contribution < -0.4 is 10.9 Å². The Morgan fingerprint density at radius 2 is 2.29 bits per heavy atom. The third-order valence-electron chi connectivity index (χ3n) is 3.38. The smallest absolute Gasteiger partial charge is 0.262 e. The van der Waals surface area contributed by atoms with Crippen molar-refractivity contribution in [2.75, 3.05) is 6.54 Å². The van der Waals surface area contributed by atoms with Crippen molar-refractivity contribution in [3.8, 4) is 0 Å². The molecule has 0 radical (unpaired) electrons. The van der Waals surface area contributed by atoms with Gasteiger partial charge in [-0.05, 0) is 36.6 Å². The Labute approximate surface area is 121 Å². The topological polar surface area (TPSA) is 74.8 Å². The summed E-state index contributed by atoms with van der Waals surface area (Å²) in [6.07, 6.45) is 9.79. The van der Waals surface area contributed by atoms with Crippen LogP contribution >= 0.6 is 0 Å². The number of aromatic amines is 1. The maximum absolute atomic E-state index is 12.1. The Morgan fingerprint density at radius 1 is 1.38 bits per heavy atom. The molecular weight excluding hydrogens is 266 g/mol. The number of amides is 1. The summed E-state index contributed by atoms with van der Waals surface area (Å²) in [5, 5.41) is 3.51. The van der Waals surface area contributed by atoms with Gasteiger partial charge in [0, 0.05) is 18.1 Å². The molecule has 5 heteroatoms. The first kappa shape index (κ1) is 13.3. The van der Waals surface area contributed by atoms with Crippen LogP contribution in [0.2, 0.25) is 0 Å². The average molecular weight is 281 g/mol. The number of rotatable bonds is 3. The van der Waals surface area contributed by atoms with Gasteiger partial charge in [-0.2, -0.15) is 0 Å². The number of H-pyrrole nitrogens is 1. The third kappa shape index (κ3) is 2.91. The molecule has 3 rings (SSSR count). The predicted molar refractivity (Wildman–Crippen MR) is 81.2 cm³/mol. The molecule has 2 N–H and O–H groups in total. The van der Waals surface area contributed by atoms with Crippen molar-refractivity contribution in [3.63, 3.8) is 0 Å². The Bertz CT molecular complexity index is 803. The Kier molecular flexibility index (Phi) is 3.64. The molecule has 0 bridgehead atoms. The lowest BCUT2D eigenvalue weighted by Gasteiger charge is -2.09. The van der Waals surface area contributed by atoms with E-state index in [0.717, 1.165) is 23.8 Å². The van der Waals surface area contributed by atoms with E-state index in [1.54, 1.807) is 24.4 Å². The van der Waals surface area contributed by atoms with Gasteiger partial charge in [0.05, 0.1) is 0 Å². The van der Waals surface area contributed by atoms with Crippen molar-refractivity contribution in [1.29, 1.82) is 0 Å². The number of nitrogens with zero attached hydrogens (tertiary/aromatic N) is 1. The summed E-state index contributed by atoms with van der Waals surface area (Å²) in [6.45, 7) is 0.430. The van der Waals surface area contributed by atoms with Gasteiger partial charge in [-0.3, -0.25) is 9.59 Å². The summed E-state index contributed by atoms with van der Waals surface area (Å²) in [6, 6.07) is 5.14. The maximum Gasteiger partial charge on any atom is 0.262 e. The van der Waals surface area contributed by atoms with Gasteiger partial charge in [0.1, 0.15) is 11.2 Å². The molecule has 0 aromatic carbocycles. The summed E-state index contributed by atoms with van der Waals surface area (Å²) in [5.74, 6) is -0.373. The maximum atomic E-state index is 12.1. The van der Waals surface area contributed by atoms with Gasteiger partial charge in [-0.1, -0.05) is 18.2 Å². The Morgan fingerprint density at radius 3 is 3.10 bits per heavy atom.